The van der Waals surface area contributed by atoms with E-state index < -0.39 is 0 Å². The Morgan fingerprint density at radius 1 is 1.28 bits per heavy atom. The number of nitrogens with zero attached hydrogens (tertiary/aromatic N) is 4. The fraction of sp³-hybridized carbons (Fsp3) is 0.571. The molecule has 1 aliphatic rings. The Balaban J connectivity index is 0.00000300. The highest BCUT2D eigenvalue weighted by molar-refractivity contribution is 14.0. The fourth-order valence-electron chi connectivity index (χ4n) is 3.97. The number of aliphatic imine (C=N–C) groups is 1. The SMILES string of the molecule is CN=C(NCCc1c(C)cc(C)cc1C)NC1CCc2nc(COC)nn2C1.I. The normalized spacial score (nSPS) is 16.2. The van der Waals surface area contributed by atoms with Crippen LogP contribution in [0.3, 0.4) is 0 Å². The van der Waals surface area contributed by atoms with Crippen LogP contribution in [-0.2, 0) is 30.7 Å². The van der Waals surface area contributed by atoms with Crippen molar-refractivity contribution in [2.45, 2.75) is 59.2 Å². The average molecular weight is 512 g/mol. The van der Waals surface area contributed by atoms with Crippen LogP contribution in [0.25, 0.3) is 0 Å². The van der Waals surface area contributed by atoms with Gasteiger partial charge in [-0.1, -0.05) is 17.7 Å². The van der Waals surface area contributed by atoms with E-state index in [0.29, 0.717) is 12.6 Å². The van der Waals surface area contributed by atoms with E-state index in [0.717, 1.165) is 50.0 Å². The van der Waals surface area contributed by atoms with Crippen molar-refractivity contribution in [1.29, 1.82) is 0 Å². The highest BCUT2D eigenvalue weighted by Gasteiger charge is 2.22. The maximum absolute atomic E-state index is 5.14. The summed E-state index contributed by atoms with van der Waals surface area (Å²) in [5.41, 5.74) is 5.46. The van der Waals surface area contributed by atoms with E-state index >= 15 is 0 Å². The summed E-state index contributed by atoms with van der Waals surface area (Å²) in [6.45, 7) is 8.64. The van der Waals surface area contributed by atoms with Crippen LogP contribution in [0.5, 0.6) is 0 Å². The minimum Gasteiger partial charge on any atom is -0.377 e. The van der Waals surface area contributed by atoms with Crippen molar-refractivity contribution in [1.82, 2.24) is 25.4 Å². The minimum atomic E-state index is 0. The molecule has 29 heavy (non-hydrogen) atoms. The van der Waals surface area contributed by atoms with Crippen LogP contribution in [-0.4, -0.2) is 47.5 Å². The van der Waals surface area contributed by atoms with Crippen molar-refractivity contribution in [3.63, 3.8) is 0 Å². The van der Waals surface area contributed by atoms with Gasteiger partial charge in [0, 0.05) is 33.2 Å². The van der Waals surface area contributed by atoms with E-state index in [1.165, 1.54) is 22.3 Å². The topological polar surface area (TPSA) is 76.4 Å². The first-order valence-electron chi connectivity index (χ1n) is 9.95. The van der Waals surface area contributed by atoms with Gasteiger partial charge >= 0.3 is 0 Å². The number of rotatable bonds is 6. The number of aryl methyl sites for hydroxylation is 4. The lowest BCUT2D eigenvalue weighted by molar-refractivity contribution is 0.177. The molecule has 2 aromatic rings. The Morgan fingerprint density at radius 2 is 2.00 bits per heavy atom. The van der Waals surface area contributed by atoms with Crippen LogP contribution >= 0.6 is 24.0 Å². The predicted molar refractivity (Wildman–Crippen MR) is 127 cm³/mol. The third-order valence-electron chi connectivity index (χ3n) is 5.25. The van der Waals surface area contributed by atoms with Gasteiger partial charge in [0.05, 0.1) is 6.54 Å². The molecular formula is C21H33IN6O. The van der Waals surface area contributed by atoms with Gasteiger partial charge in [0.15, 0.2) is 11.8 Å². The monoisotopic (exact) mass is 512 g/mol. The molecule has 0 saturated heterocycles. The molecule has 0 saturated carbocycles. The van der Waals surface area contributed by atoms with E-state index in [9.17, 15) is 0 Å². The van der Waals surface area contributed by atoms with E-state index in [-0.39, 0.29) is 24.0 Å². The van der Waals surface area contributed by atoms with Crippen LogP contribution in [0.1, 0.15) is 40.3 Å². The van der Waals surface area contributed by atoms with Crippen LogP contribution < -0.4 is 10.6 Å². The first kappa shape index (κ1) is 23.6. The molecule has 0 amide bonds. The number of guanidine groups is 1. The molecule has 7 nitrogen and oxygen atoms in total. The number of ether oxygens (including phenoxy) is 1. The molecule has 160 valence electrons. The lowest BCUT2D eigenvalue weighted by Gasteiger charge is -2.25. The standard InChI is InChI=1S/C21H32N6O.HI/c1-14-10-15(2)18(16(3)11-14)8-9-23-21(22-4)24-17-6-7-20-25-19(13-28-5)26-27(20)12-17;/h10-11,17H,6-9,12-13H2,1-5H3,(H2,22,23,24);1H. The smallest absolute Gasteiger partial charge is 0.191 e. The third-order valence-corrected chi connectivity index (χ3v) is 5.25. The van der Waals surface area contributed by atoms with Crippen molar-refractivity contribution in [2.75, 3.05) is 20.7 Å². The van der Waals surface area contributed by atoms with Gasteiger partial charge in [0.1, 0.15) is 12.4 Å². The Bertz CT molecular complexity index is 825. The van der Waals surface area contributed by atoms with E-state index in [1.807, 2.05) is 11.7 Å². The maximum atomic E-state index is 5.14. The van der Waals surface area contributed by atoms with Crippen LogP contribution in [0.4, 0.5) is 0 Å². The molecule has 0 spiro atoms. The second kappa shape index (κ2) is 10.9. The van der Waals surface area contributed by atoms with Gasteiger partial charge in [-0.05, 0) is 50.3 Å². The number of methoxy groups -OCH3 is 1. The highest BCUT2D eigenvalue weighted by atomic mass is 127. The Morgan fingerprint density at radius 3 is 2.66 bits per heavy atom. The molecular weight excluding hydrogens is 479 g/mol. The lowest BCUT2D eigenvalue weighted by atomic mass is 9.97. The summed E-state index contributed by atoms with van der Waals surface area (Å²) in [4.78, 5) is 8.93. The molecule has 0 radical (unpaired) electrons. The Labute approximate surface area is 190 Å². The Kier molecular flexibility index (Phi) is 8.88. The molecule has 8 heteroatoms. The summed E-state index contributed by atoms with van der Waals surface area (Å²) >= 11 is 0. The number of fused-ring (bicyclic) bond motifs is 1. The molecule has 1 atom stereocenters. The summed E-state index contributed by atoms with van der Waals surface area (Å²) in [5, 5.41) is 11.5. The largest absolute Gasteiger partial charge is 0.377 e. The minimum absolute atomic E-state index is 0. The molecule has 2 N–H and O–H groups in total. The summed E-state index contributed by atoms with van der Waals surface area (Å²) in [6, 6.07) is 4.80. The Hall–Kier alpha value is -1.68. The van der Waals surface area contributed by atoms with E-state index in [4.69, 9.17) is 4.74 Å². The van der Waals surface area contributed by atoms with Crippen molar-refractivity contribution in [2.24, 2.45) is 4.99 Å². The zero-order valence-corrected chi connectivity index (χ0v) is 20.4. The predicted octanol–water partition coefficient (Wildman–Crippen LogP) is 2.69. The summed E-state index contributed by atoms with van der Waals surface area (Å²) in [7, 11) is 3.48. The quantitative estimate of drug-likeness (QED) is 0.354. The molecule has 0 bridgehead atoms. The summed E-state index contributed by atoms with van der Waals surface area (Å²) in [5.74, 6) is 2.64. The van der Waals surface area contributed by atoms with E-state index in [2.05, 4.69) is 58.6 Å². The zero-order valence-electron chi connectivity index (χ0n) is 18.1. The van der Waals surface area contributed by atoms with Gasteiger partial charge < -0.3 is 15.4 Å². The van der Waals surface area contributed by atoms with Gasteiger partial charge in [-0.25, -0.2) is 9.67 Å². The first-order valence-corrected chi connectivity index (χ1v) is 9.95. The van der Waals surface area contributed by atoms with Gasteiger partial charge in [-0.3, -0.25) is 4.99 Å². The number of aromatic nitrogens is 3. The second-order valence-electron chi connectivity index (χ2n) is 7.57. The van der Waals surface area contributed by atoms with Gasteiger partial charge in [0.2, 0.25) is 0 Å². The molecule has 1 aliphatic heterocycles. The van der Waals surface area contributed by atoms with Gasteiger partial charge in [-0.2, -0.15) is 5.10 Å². The number of hydrogen-bond donors (Lipinski definition) is 2. The number of hydrogen-bond acceptors (Lipinski definition) is 4. The summed E-state index contributed by atoms with van der Waals surface area (Å²) < 4.78 is 7.12. The number of halogens is 1. The van der Waals surface area contributed by atoms with Crippen molar-refractivity contribution < 1.29 is 4.74 Å². The molecule has 0 aliphatic carbocycles. The van der Waals surface area contributed by atoms with Gasteiger partial charge in [0.25, 0.3) is 0 Å². The highest BCUT2D eigenvalue weighted by Crippen LogP contribution is 2.17. The van der Waals surface area contributed by atoms with Crippen LogP contribution in [0.2, 0.25) is 0 Å². The van der Waals surface area contributed by atoms with Gasteiger partial charge in [-0.15, -0.1) is 24.0 Å². The maximum Gasteiger partial charge on any atom is 0.191 e. The number of nitrogens with one attached hydrogen (secondary N) is 2. The first-order chi connectivity index (χ1) is 13.5. The van der Waals surface area contributed by atoms with Crippen molar-refractivity contribution in [3.05, 3.63) is 46.0 Å². The second-order valence-corrected chi connectivity index (χ2v) is 7.57. The van der Waals surface area contributed by atoms with Crippen LogP contribution in [0, 0.1) is 20.8 Å². The zero-order chi connectivity index (χ0) is 20.1. The number of benzene rings is 1. The van der Waals surface area contributed by atoms with Crippen LogP contribution in [0.15, 0.2) is 17.1 Å². The molecule has 2 heterocycles. The van der Waals surface area contributed by atoms with E-state index in [1.54, 1.807) is 7.11 Å². The molecule has 1 aromatic heterocycles. The fourth-order valence-corrected chi connectivity index (χ4v) is 3.97. The van der Waals surface area contributed by atoms with Crippen molar-refractivity contribution >= 4 is 29.9 Å². The summed E-state index contributed by atoms with van der Waals surface area (Å²) in [6.07, 6.45) is 2.91. The third kappa shape index (κ3) is 6.15. The molecule has 1 unspecified atom stereocenters. The average Bonchev–Trinajstić information content (AvgIpc) is 3.04. The molecule has 1 aromatic carbocycles. The molecule has 0 fully saturated rings. The molecule has 3 rings (SSSR count). The lowest BCUT2D eigenvalue weighted by Crippen LogP contribution is -2.47. The van der Waals surface area contributed by atoms with Crippen molar-refractivity contribution in [3.8, 4) is 0 Å².